The summed E-state index contributed by atoms with van der Waals surface area (Å²) in [7, 11) is 0. The van der Waals surface area contributed by atoms with Crippen LogP contribution >= 0.6 is 0 Å². The summed E-state index contributed by atoms with van der Waals surface area (Å²) in [6.07, 6.45) is -6.60. The van der Waals surface area contributed by atoms with Crippen molar-refractivity contribution < 1.29 is 27.5 Å². The van der Waals surface area contributed by atoms with E-state index in [1.807, 2.05) is 36.4 Å². The van der Waals surface area contributed by atoms with Crippen LogP contribution in [0.4, 0.5) is 18.9 Å². The van der Waals surface area contributed by atoms with Crippen LogP contribution in [0, 0.1) is 0 Å². The second-order valence-corrected chi connectivity index (χ2v) is 6.81. The number of esters is 1. The summed E-state index contributed by atoms with van der Waals surface area (Å²) in [6, 6.07) is 15.5. The van der Waals surface area contributed by atoms with E-state index in [2.05, 4.69) is 5.32 Å². The zero-order valence-electron chi connectivity index (χ0n) is 15.2. The number of amides is 1. The van der Waals surface area contributed by atoms with Gasteiger partial charge in [0, 0.05) is 25.3 Å². The van der Waals surface area contributed by atoms with Crippen molar-refractivity contribution in [3.63, 3.8) is 0 Å². The number of halogens is 3. The number of piperazine rings is 1. The average Bonchev–Trinajstić information content (AvgIpc) is 3.00. The van der Waals surface area contributed by atoms with Crippen molar-refractivity contribution in [3.8, 4) is 11.1 Å². The maximum absolute atomic E-state index is 13.0. The molecule has 2 atom stereocenters. The molecule has 2 aliphatic rings. The number of carbonyl (C=O) groups excluding carboxylic acids is 2. The summed E-state index contributed by atoms with van der Waals surface area (Å²) in [4.78, 5) is 27.2. The van der Waals surface area contributed by atoms with Gasteiger partial charge in [0.1, 0.15) is 6.04 Å². The lowest BCUT2D eigenvalue weighted by Crippen LogP contribution is -2.54. The number of fused-ring (bicyclic) bond motifs is 1. The average molecular weight is 405 g/mol. The number of alkyl halides is 3. The van der Waals surface area contributed by atoms with Crippen molar-refractivity contribution in [2.45, 2.75) is 18.6 Å². The van der Waals surface area contributed by atoms with Gasteiger partial charge in [0.15, 0.2) is 0 Å². The molecule has 152 valence electrons. The smallest absolute Gasteiger partial charge is 0.420 e. The summed E-state index contributed by atoms with van der Waals surface area (Å²) in [5.74, 6) is -2.74. The molecular formula is C20H18F3N3O3. The molecule has 1 amide bonds. The van der Waals surface area contributed by atoms with E-state index in [1.54, 1.807) is 18.2 Å². The molecule has 6 nitrogen and oxygen atoms in total. The SMILES string of the molecule is O=C1C2CNCCN2C(OC(=O)C(F)(F)F)N1c1cccc(-c2ccccc2)c1. The van der Waals surface area contributed by atoms with Gasteiger partial charge in [0.05, 0.1) is 0 Å². The lowest BCUT2D eigenvalue weighted by molar-refractivity contribution is -0.211. The van der Waals surface area contributed by atoms with Crippen molar-refractivity contribution in [3.05, 3.63) is 54.6 Å². The van der Waals surface area contributed by atoms with E-state index in [9.17, 15) is 22.8 Å². The van der Waals surface area contributed by atoms with Crippen molar-refractivity contribution in [2.24, 2.45) is 0 Å². The van der Waals surface area contributed by atoms with Crippen LogP contribution in [0.1, 0.15) is 0 Å². The molecule has 2 unspecified atom stereocenters. The maximum Gasteiger partial charge on any atom is 0.491 e. The summed E-state index contributed by atoms with van der Waals surface area (Å²) in [5, 5.41) is 3.05. The van der Waals surface area contributed by atoms with E-state index in [0.29, 0.717) is 12.2 Å². The third kappa shape index (κ3) is 3.70. The van der Waals surface area contributed by atoms with Crippen LogP contribution in [-0.4, -0.2) is 55.0 Å². The normalized spacial score (nSPS) is 22.4. The Kier molecular flexibility index (Phi) is 5.01. The number of nitrogens with zero attached hydrogens (tertiary/aromatic N) is 2. The Labute approximate surface area is 164 Å². The number of hydrogen-bond acceptors (Lipinski definition) is 5. The molecule has 0 aliphatic carbocycles. The Bertz CT molecular complexity index is 920. The molecule has 2 heterocycles. The first-order valence-corrected chi connectivity index (χ1v) is 9.09. The largest absolute Gasteiger partial charge is 0.491 e. The number of hydrogen-bond donors (Lipinski definition) is 1. The Morgan fingerprint density at radius 3 is 2.52 bits per heavy atom. The minimum absolute atomic E-state index is 0.272. The van der Waals surface area contributed by atoms with Gasteiger partial charge in [-0.2, -0.15) is 13.2 Å². The lowest BCUT2D eigenvalue weighted by atomic mass is 10.0. The molecule has 0 bridgehead atoms. The highest BCUT2D eigenvalue weighted by Crippen LogP contribution is 2.33. The fourth-order valence-electron chi connectivity index (χ4n) is 3.63. The molecule has 0 saturated carbocycles. The van der Waals surface area contributed by atoms with E-state index in [4.69, 9.17) is 4.74 Å². The minimum Gasteiger partial charge on any atom is -0.420 e. The summed E-state index contributed by atoms with van der Waals surface area (Å²) in [5.41, 5.74) is 2.05. The van der Waals surface area contributed by atoms with Crippen molar-refractivity contribution >= 4 is 17.6 Å². The fourth-order valence-corrected chi connectivity index (χ4v) is 3.63. The first-order chi connectivity index (χ1) is 13.9. The third-order valence-corrected chi connectivity index (χ3v) is 4.99. The number of benzene rings is 2. The summed E-state index contributed by atoms with van der Waals surface area (Å²) >= 11 is 0. The molecule has 1 N–H and O–H groups in total. The van der Waals surface area contributed by atoms with Crippen LogP contribution in [0.15, 0.2) is 54.6 Å². The van der Waals surface area contributed by atoms with Crippen molar-refractivity contribution in [1.29, 1.82) is 0 Å². The van der Waals surface area contributed by atoms with Gasteiger partial charge >= 0.3 is 12.1 Å². The molecule has 0 radical (unpaired) electrons. The van der Waals surface area contributed by atoms with Gasteiger partial charge in [-0.1, -0.05) is 42.5 Å². The van der Waals surface area contributed by atoms with Gasteiger partial charge in [-0.3, -0.25) is 9.69 Å². The molecule has 4 rings (SSSR count). The van der Waals surface area contributed by atoms with E-state index in [-0.39, 0.29) is 13.1 Å². The first kappa shape index (κ1) is 19.4. The van der Waals surface area contributed by atoms with Crippen LogP contribution in [0.25, 0.3) is 11.1 Å². The zero-order chi connectivity index (χ0) is 20.6. The van der Waals surface area contributed by atoms with Gasteiger partial charge in [-0.05, 0) is 23.3 Å². The highest BCUT2D eigenvalue weighted by molar-refractivity contribution is 6.00. The quantitative estimate of drug-likeness (QED) is 0.795. The lowest BCUT2D eigenvalue weighted by Gasteiger charge is -2.33. The highest BCUT2D eigenvalue weighted by Gasteiger charge is 2.52. The summed E-state index contributed by atoms with van der Waals surface area (Å²) < 4.78 is 43.3. The van der Waals surface area contributed by atoms with Gasteiger partial charge in [0.25, 0.3) is 0 Å². The number of carbonyl (C=O) groups is 2. The van der Waals surface area contributed by atoms with Crippen LogP contribution in [0.3, 0.4) is 0 Å². The Morgan fingerprint density at radius 1 is 1.07 bits per heavy atom. The molecule has 2 aliphatic heterocycles. The molecule has 29 heavy (non-hydrogen) atoms. The molecular weight excluding hydrogens is 387 g/mol. The van der Waals surface area contributed by atoms with Crippen LogP contribution in [0.5, 0.6) is 0 Å². The predicted molar refractivity (Wildman–Crippen MR) is 98.7 cm³/mol. The number of ether oxygens (including phenoxy) is 1. The van der Waals surface area contributed by atoms with Gasteiger partial charge < -0.3 is 10.1 Å². The fraction of sp³-hybridized carbons (Fsp3) is 0.300. The standard InChI is InChI=1S/C20H18F3N3O3/c21-20(22,23)18(28)29-19-25-10-9-24-12-16(25)17(27)26(19)15-8-4-7-14(11-15)13-5-2-1-3-6-13/h1-8,11,16,19,24H,9-10,12H2. The number of anilines is 1. The molecule has 2 fully saturated rings. The monoisotopic (exact) mass is 405 g/mol. The highest BCUT2D eigenvalue weighted by atomic mass is 19.4. The second-order valence-electron chi connectivity index (χ2n) is 6.81. The van der Waals surface area contributed by atoms with Crippen LogP contribution in [0.2, 0.25) is 0 Å². The van der Waals surface area contributed by atoms with E-state index >= 15 is 0 Å². The van der Waals surface area contributed by atoms with E-state index < -0.39 is 30.4 Å². The predicted octanol–water partition coefficient (Wildman–Crippen LogP) is 2.36. The summed E-state index contributed by atoms with van der Waals surface area (Å²) in [6.45, 7) is 1.02. The number of nitrogens with one attached hydrogen (secondary N) is 1. The Morgan fingerprint density at radius 2 is 1.79 bits per heavy atom. The molecule has 2 saturated heterocycles. The zero-order valence-corrected chi connectivity index (χ0v) is 15.2. The molecule has 0 spiro atoms. The van der Waals surface area contributed by atoms with Crippen LogP contribution < -0.4 is 10.2 Å². The van der Waals surface area contributed by atoms with Gasteiger partial charge in [-0.15, -0.1) is 0 Å². The molecule has 9 heteroatoms. The van der Waals surface area contributed by atoms with E-state index in [1.165, 1.54) is 4.90 Å². The maximum atomic E-state index is 13.0. The third-order valence-electron chi connectivity index (χ3n) is 4.99. The van der Waals surface area contributed by atoms with Crippen molar-refractivity contribution in [1.82, 2.24) is 10.2 Å². The van der Waals surface area contributed by atoms with Crippen LogP contribution in [-0.2, 0) is 14.3 Å². The number of rotatable bonds is 3. The minimum atomic E-state index is -5.15. The van der Waals surface area contributed by atoms with Gasteiger partial charge in [-0.25, -0.2) is 9.69 Å². The topological polar surface area (TPSA) is 61.9 Å². The molecule has 2 aromatic carbocycles. The molecule has 0 aromatic heterocycles. The Hall–Kier alpha value is -2.91. The molecule has 2 aromatic rings. The van der Waals surface area contributed by atoms with E-state index in [0.717, 1.165) is 16.0 Å². The first-order valence-electron chi connectivity index (χ1n) is 9.09. The van der Waals surface area contributed by atoms with Gasteiger partial charge in [0.2, 0.25) is 12.3 Å². The van der Waals surface area contributed by atoms with Crippen molar-refractivity contribution in [2.75, 3.05) is 24.5 Å². The second kappa shape index (κ2) is 7.49. The Balaban J connectivity index is 1.71.